The number of hydrogen-bond donors (Lipinski definition) is 1. The van der Waals surface area contributed by atoms with Gasteiger partial charge in [0.2, 0.25) is 5.91 Å². The molecule has 1 heterocycles. The van der Waals surface area contributed by atoms with Crippen molar-refractivity contribution >= 4 is 11.9 Å². The first-order valence-corrected chi connectivity index (χ1v) is 7.06. The Morgan fingerprint density at radius 1 is 1.55 bits per heavy atom. The Labute approximate surface area is 128 Å². The van der Waals surface area contributed by atoms with Crippen molar-refractivity contribution < 1.29 is 18.7 Å². The Bertz CT molecular complexity index is 579. The summed E-state index contributed by atoms with van der Waals surface area (Å²) in [5.41, 5.74) is 0.728. The Morgan fingerprint density at radius 3 is 2.82 bits per heavy atom. The highest BCUT2D eigenvalue weighted by molar-refractivity contribution is 5.98. The molecule has 7 heteroatoms. The van der Waals surface area contributed by atoms with Crippen LogP contribution in [0.3, 0.4) is 0 Å². The van der Waals surface area contributed by atoms with Crippen LogP contribution in [-0.2, 0) is 11.3 Å². The number of urea groups is 1. The van der Waals surface area contributed by atoms with E-state index in [1.165, 1.54) is 18.1 Å². The van der Waals surface area contributed by atoms with Crippen LogP contribution in [0.1, 0.15) is 12.5 Å². The van der Waals surface area contributed by atoms with E-state index in [4.69, 9.17) is 4.74 Å². The topological polar surface area (TPSA) is 61.9 Å². The zero-order valence-electron chi connectivity index (χ0n) is 12.9. The van der Waals surface area contributed by atoms with Crippen LogP contribution < -0.4 is 10.1 Å². The number of amides is 3. The molecule has 0 aromatic heterocycles. The van der Waals surface area contributed by atoms with E-state index in [0.29, 0.717) is 19.6 Å². The fourth-order valence-corrected chi connectivity index (χ4v) is 2.33. The molecule has 1 atom stereocenters. The molecular weight excluding hydrogens is 289 g/mol. The number of carbonyl (C=O) groups excluding carboxylic acids is 2. The maximum absolute atomic E-state index is 13.7. The minimum absolute atomic E-state index is 0.185. The van der Waals surface area contributed by atoms with Gasteiger partial charge in [-0.25, -0.2) is 9.18 Å². The highest BCUT2D eigenvalue weighted by Gasteiger charge is 2.31. The van der Waals surface area contributed by atoms with Crippen LogP contribution in [0.15, 0.2) is 18.2 Å². The van der Waals surface area contributed by atoms with Gasteiger partial charge in [0.15, 0.2) is 11.6 Å². The minimum atomic E-state index is -0.478. The Kier molecular flexibility index (Phi) is 4.97. The maximum Gasteiger partial charge on any atom is 0.324 e. The standard InChI is InChI=1S/C15H20FN3O3/c1-10(14(20)19-7-6-17-15(19)21)18(2)9-11-4-5-13(22-3)12(16)8-11/h4-5,8,10H,6-7,9H2,1-3H3,(H,17,21)/t10-/m1/s1. The predicted octanol–water partition coefficient (Wildman–Crippen LogP) is 1.21. The number of nitrogens with one attached hydrogen (secondary N) is 1. The average molecular weight is 309 g/mol. The van der Waals surface area contributed by atoms with E-state index >= 15 is 0 Å². The first-order chi connectivity index (χ1) is 10.4. The quantitative estimate of drug-likeness (QED) is 0.888. The van der Waals surface area contributed by atoms with Gasteiger partial charge < -0.3 is 10.1 Å². The van der Waals surface area contributed by atoms with Gasteiger partial charge in [0, 0.05) is 19.6 Å². The van der Waals surface area contributed by atoms with E-state index in [1.54, 1.807) is 31.0 Å². The van der Waals surface area contributed by atoms with Crippen LogP contribution >= 0.6 is 0 Å². The van der Waals surface area contributed by atoms with Crippen molar-refractivity contribution in [2.45, 2.75) is 19.5 Å². The summed E-state index contributed by atoms with van der Waals surface area (Å²) in [7, 11) is 3.17. The van der Waals surface area contributed by atoms with Crippen molar-refractivity contribution in [1.82, 2.24) is 15.1 Å². The average Bonchev–Trinajstić information content (AvgIpc) is 2.92. The zero-order chi connectivity index (χ0) is 16.3. The van der Waals surface area contributed by atoms with Crippen molar-refractivity contribution in [2.75, 3.05) is 27.2 Å². The van der Waals surface area contributed by atoms with Gasteiger partial charge in [-0.2, -0.15) is 0 Å². The summed E-state index contributed by atoms with van der Waals surface area (Å²) in [6.45, 7) is 2.98. The number of hydrogen-bond acceptors (Lipinski definition) is 4. The van der Waals surface area contributed by atoms with Gasteiger partial charge in [-0.15, -0.1) is 0 Å². The second kappa shape index (κ2) is 6.74. The summed E-state index contributed by atoms with van der Waals surface area (Å²) in [5.74, 6) is -0.512. The molecule has 1 aliphatic heterocycles. The molecule has 1 aromatic carbocycles. The van der Waals surface area contributed by atoms with E-state index < -0.39 is 11.9 Å². The molecule has 6 nitrogen and oxygen atoms in total. The summed E-state index contributed by atoms with van der Waals surface area (Å²) < 4.78 is 18.6. The molecule has 0 aliphatic carbocycles. The molecule has 3 amide bonds. The molecule has 22 heavy (non-hydrogen) atoms. The van der Waals surface area contributed by atoms with E-state index in [-0.39, 0.29) is 17.7 Å². The Hall–Kier alpha value is -2.15. The molecule has 1 aliphatic rings. The van der Waals surface area contributed by atoms with Gasteiger partial charge in [-0.1, -0.05) is 6.07 Å². The van der Waals surface area contributed by atoms with Crippen molar-refractivity contribution in [2.24, 2.45) is 0 Å². The molecule has 0 unspecified atom stereocenters. The van der Waals surface area contributed by atoms with Gasteiger partial charge >= 0.3 is 6.03 Å². The number of imide groups is 1. The number of likely N-dealkylation sites (N-methyl/N-ethyl adjacent to an activating group) is 1. The largest absolute Gasteiger partial charge is 0.494 e. The number of methoxy groups -OCH3 is 1. The van der Waals surface area contributed by atoms with Gasteiger partial charge in [-0.05, 0) is 31.7 Å². The Morgan fingerprint density at radius 2 is 2.27 bits per heavy atom. The summed E-state index contributed by atoms with van der Waals surface area (Å²) in [5, 5.41) is 2.60. The third kappa shape index (κ3) is 3.36. The molecular formula is C15H20FN3O3. The fourth-order valence-electron chi connectivity index (χ4n) is 2.33. The van der Waals surface area contributed by atoms with Crippen LogP contribution in [0.5, 0.6) is 5.75 Å². The molecule has 1 fully saturated rings. The number of rotatable bonds is 5. The molecule has 1 saturated heterocycles. The minimum Gasteiger partial charge on any atom is -0.494 e. The molecule has 0 radical (unpaired) electrons. The van der Waals surface area contributed by atoms with Crippen molar-refractivity contribution in [3.05, 3.63) is 29.6 Å². The number of nitrogens with zero attached hydrogens (tertiary/aromatic N) is 2. The van der Waals surface area contributed by atoms with E-state index in [9.17, 15) is 14.0 Å². The highest BCUT2D eigenvalue weighted by atomic mass is 19.1. The van der Waals surface area contributed by atoms with Crippen molar-refractivity contribution in [1.29, 1.82) is 0 Å². The second-order valence-corrected chi connectivity index (χ2v) is 5.28. The fraction of sp³-hybridized carbons (Fsp3) is 0.467. The maximum atomic E-state index is 13.7. The lowest BCUT2D eigenvalue weighted by molar-refractivity contribution is -0.132. The van der Waals surface area contributed by atoms with E-state index in [1.807, 2.05) is 0 Å². The first kappa shape index (κ1) is 16.2. The molecule has 1 aromatic rings. The van der Waals surface area contributed by atoms with Crippen LogP contribution in [0, 0.1) is 5.82 Å². The van der Waals surface area contributed by atoms with Crippen molar-refractivity contribution in [3.63, 3.8) is 0 Å². The normalized spacial score (nSPS) is 15.9. The number of benzene rings is 1. The highest BCUT2D eigenvalue weighted by Crippen LogP contribution is 2.19. The lowest BCUT2D eigenvalue weighted by Gasteiger charge is -2.26. The van der Waals surface area contributed by atoms with Crippen molar-refractivity contribution in [3.8, 4) is 5.75 Å². The molecule has 2 rings (SSSR count). The molecule has 0 spiro atoms. The van der Waals surface area contributed by atoms with Crippen LogP contribution in [-0.4, -0.2) is 55.0 Å². The van der Waals surface area contributed by atoms with E-state index in [2.05, 4.69) is 5.32 Å². The lowest BCUT2D eigenvalue weighted by atomic mass is 10.1. The molecule has 0 bridgehead atoms. The van der Waals surface area contributed by atoms with E-state index in [0.717, 1.165) is 5.56 Å². The monoisotopic (exact) mass is 309 g/mol. The zero-order valence-corrected chi connectivity index (χ0v) is 12.9. The predicted molar refractivity (Wildman–Crippen MR) is 79.0 cm³/mol. The third-order valence-electron chi connectivity index (χ3n) is 3.79. The summed E-state index contributed by atoms with van der Waals surface area (Å²) in [4.78, 5) is 26.8. The second-order valence-electron chi connectivity index (χ2n) is 5.28. The van der Waals surface area contributed by atoms with Gasteiger partial charge in [-0.3, -0.25) is 14.6 Å². The van der Waals surface area contributed by atoms with Crippen LogP contribution in [0.2, 0.25) is 0 Å². The summed E-state index contributed by atoms with van der Waals surface area (Å²) in [6.07, 6.45) is 0. The number of carbonyl (C=O) groups is 2. The van der Waals surface area contributed by atoms with Crippen LogP contribution in [0.25, 0.3) is 0 Å². The SMILES string of the molecule is COc1ccc(CN(C)[C@H](C)C(=O)N2CCNC2=O)cc1F. The summed E-state index contributed by atoms with van der Waals surface area (Å²) in [6, 6.07) is 3.85. The van der Waals surface area contributed by atoms with Gasteiger partial charge in [0.1, 0.15) is 0 Å². The van der Waals surface area contributed by atoms with Crippen LogP contribution in [0.4, 0.5) is 9.18 Å². The molecule has 0 saturated carbocycles. The van der Waals surface area contributed by atoms with Gasteiger partial charge in [0.05, 0.1) is 13.2 Å². The Balaban J connectivity index is 2.01. The molecule has 1 N–H and O–H groups in total. The van der Waals surface area contributed by atoms with Gasteiger partial charge in [0.25, 0.3) is 0 Å². The smallest absolute Gasteiger partial charge is 0.324 e. The number of ether oxygens (including phenoxy) is 1. The summed E-state index contributed by atoms with van der Waals surface area (Å²) >= 11 is 0. The first-order valence-electron chi connectivity index (χ1n) is 7.06. The third-order valence-corrected chi connectivity index (χ3v) is 3.79. The number of halogens is 1. The molecule has 120 valence electrons. The lowest BCUT2D eigenvalue weighted by Crippen LogP contribution is -2.46.